The largest absolute Gasteiger partial charge is 0.476 e. The Kier molecular flexibility index (Phi) is 5.92. The van der Waals surface area contributed by atoms with Crippen molar-refractivity contribution in [3.8, 4) is 11.1 Å². The fraction of sp³-hybridized carbons (Fsp3) is 0.190. The minimum absolute atomic E-state index is 0.0585. The molecule has 3 aromatic rings. The Bertz CT molecular complexity index is 885. The standard InChI is InChI=1S/C21H19NO3S/c23-19(20-22-18(14-26-20)21(24)25)9-5-4-6-15-10-12-17(13-11-15)16-7-2-1-3-8-16/h1-3,7-8,10-14H,4-6,9H2,(H,24,25). The van der Waals surface area contributed by atoms with Crippen LogP contribution in [-0.2, 0) is 6.42 Å². The van der Waals surface area contributed by atoms with Crippen LogP contribution in [0.15, 0.2) is 60.0 Å². The summed E-state index contributed by atoms with van der Waals surface area (Å²) in [5.41, 5.74) is 3.59. The lowest BCUT2D eigenvalue weighted by Gasteiger charge is -2.04. The van der Waals surface area contributed by atoms with Gasteiger partial charge in [-0.25, -0.2) is 9.78 Å². The minimum atomic E-state index is -1.10. The normalized spacial score (nSPS) is 10.6. The summed E-state index contributed by atoms with van der Waals surface area (Å²) in [4.78, 5) is 26.7. The van der Waals surface area contributed by atoms with Crippen molar-refractivity contribution in [2.24, 2.45) is 0 Å². The monoisotopic (exact) mass is 365 g/mol. The van der Waals surface area contributed by atoms with Crippen molar-refractivity contribution >= 4 is 23.1 Å². The van der Waals surface area contributed by atoms with Crippen LogP contribution in [0.4, 0.5) is 0 Å². The van der Waals surface area contributed by atoms with Gasteiger partial charge in [0.15, 0.2) is 16.5 Å². The molecule has 3 rings (SSSR count). The summed E-state index contributed by atoms with van der Waals surface area (Å²) in [7, 11) is 0. The maximum absolute atomic E-state index is 12.0. The van der Waals surface area contributed by atoms with Gasteiger partial charge >= 0.3 is 5.97 Å². The molecule has 26 heavy (non-hydrogen) atoms. The third-order valence-electron chi connectivity index (χ3n) is 4.14. The zero-order chi connectivity index (χ0) is 18.4. The molecule has 0 radical (unpaired) electrons. The number of unbranched alkanes of at least 4 members (excludes halogenated alkanes) is 1. The molecule has 0 aliphatic heterocycles. The topological polar surface area (TPSA) is 67.3 Å². The number of carbonyl (C=O) groups is 2. The van der Waals surface area contributed by atoms with E-state index in [4.69, 9.17) is 5.11 Å². The summed E-state index contributed by atoms with van der Waals surface area (Å²) < 4.78 is 0. The Balaban J connectivity index is 1.46. The number of thiazole rings is 1. The third kappa shape index (κ3) is 4.64. The van der Waals surface area contributed by atoms with Crippen molar-refractivity contribution in [3.63, 3.8) is 0 Å². The number of nitrogens with zero attached hydrogens (tertiary/aromatic N) is 1. The van der Waals surface area contributed by atoms with E-state index in [1.54, 1.807) is 0 Å². The second kappa shape index (κ2) is 8.54. The van der Waals surface area contributed by atoms with Crippen LogP contribution >= 0.6 is 11.3 Å². The van der Waals surface area contributed by atoms with Gasteiger partial charge < -0.3 is 5.11 Å². The Morgan fingerprint density at radius 1 is 0.923 bits per heavy atom. The highest BCUT2D eigenvalue weighted by molar-refractivity contribution is 7.11. The number of ketones is 1. The van der Waals surface area contributed by atoms with E-state index in [2.05, 4.69) is 41.4 Å². The molecular weight excluding hydrogens is 346 g/mol. The van der Waals surface area contributed by atoms with E-state index < -0.39 is 5.97 Å². The summed E-state index contributed by atoms with van der Waals surface area (Å²) in [5.74, 6) is -1.18. The van der Waals surface area contributed by atoms with E-state index in [1.165, 1.54) is 22.1 Å². The molecule has 0 saturated carbocycles. The van der Waals surface area contributed by atoms with E-state index in [9.17, 15) is 9.59 Å². The molecule has 132 valence electrons. The lowest BCUT2D eigenvalue weighted by Crippen LogP contribution is -2.02. The van der Waals surface area contributed by atoms with Crippen LogP contribution < -0.4 is 0 Å². The summed E-state index contributed by atoms with van der Waals surface area (Å²) in [6.07, 6.45) is 2.99. The zero-order valence-corrected chi connectivity index (χ0v) is 15.0. The highest BCUT2D eigenvalue weighted by Crippen LogP contribution is 2.20. The summed E-state index contributed by atoms with van der Waals surface area (Å²) in [6.45, 7) is 0. The van der Waals surface area contributed by atoms with Gasteiger partial charge in [0.1, 0.15) is 0 Å². The zero-order valence-electron chi connectivity index (χ0n) is 14.2. The predicted octanol–water partition coefficient (Wildman–Crippen LogP) is 5.10. The first-order chi connectivity index (χ1) is 12.6. The van der Waals surface area contributed by atoms with E-state index >= 15 is 0 Å². The van der Waals surface area contributed by atoms with Crippen molar-refractivity contribution < 1.29 is 14.7 Å². The first-order valence-electron chi connectivity index (χ1n) is 8.50. The van der Waals surface area contributed by atoms with Crippen LogP contribution in [-0.4, -0.2) is 21.8 Å². The minimum Gasteiger partial charge on any atom is -0.476 e. The van der Waals surface area contributed by atoms with Gasteiger partial charge in [-0.1, -0.05) is 54.6 Å². The Hall–Kier alpha value is -2.79. The molecule has 0 bridgehead atoms. The number of Topliss-reactive ketones (excluding diaryl/α,β-unsaturated/α-hetero) is 1. The number of aromatic carboxylic acids is 1. The highest BCUT2D eigenvalue weighted by atomic mass is 32.1. The Morgan fingerprint density at radius 2 is 1.62 bits per heavy atom. The number of carboxylic acids is 1. The molecule has 1 aromatic heterocycles. The van der Waals surface area contributed by atoms with Gasteiger partial charge in [0.05, 0.1) is 0 Å². The van der Waals surface area contributed by atoms with Crippen molar-refractivity contribution in [1.29, 1.82) is 0 Å². The van der Waals surface area contributed by atoms with E-state index in [-0.39, 0.29) is 16.5 Å². The average Bonchev–Trinajstić information content (AvgIpc) is 3.17. The van der Waals surface area contributed by atoms with Crippen LogP contribution in [0.25, 0.3) is 11.1 Å². The van der Waals surface area contributed by atoms with Gasteiger partial charge in [-0.05, 0) is 36.0 Å². The van der Waals surface area contributed by atoms with Gasteiger partial charge in [0.2, 0.25) is 0 Å². The third-order valence-corrected chi connectivity index (χ3v) is 5.03. The fourth-order valence-corrected chi connectivity index (χ4v) is 3.48. The number of carboxylic acid groups (broad SMARTS) is 1. The first-order valence-corrected chi connectivity index (χ1v) is 9.38. The lowest BCUT2D eigenvalue weighted by molar-refractivity contribution is 0.0691. The van der Waals surface area contributed by atoms with Gasteiger partial charge in [-0.3, -0.25) is 4.79 Å². The van der Waals surface area contributed by atoms with E-state index in [0.29, 0.717) is 6.42 Å². The first kappa shape index (κ1) is 18.0. The maximum atomic E-state index is 12.0. The number of carbonyl (C=O) groups excluding carboxylic acids is 1. The molecule has 5 heteroatoms. The molecule has 1 heterocycles. The molecule has 0 spiro atoms. The number of aromatic nitrogens is 1. The highest BCUT2D eigenvalue weighted by Gasteiger charge is 2.14. The van der Waals surface area contributed by atoms with Gasteiger partial charge in [0, 0.05) is 11.8 Å². The Morgan fingerprint density at radius 3 is 2.27 bits per heavy atom. The number of hydrogen-bond donors (Lipinski definition) is 1. The second-order valence-electron chi connectivity index (χ2n) is 6.04. The quantitative estimate of drug-likeness (QED) is 0.445. The van der Waals surface area contributed by atoms with Crippen molar-refractivity contribution in [3.05, 3.63) is 76.2 Å². The molecule has 0 amide bonds. The summed E-state index contributed by atoms with van der Waals surface area (Å²) in [5, 5.41) is 10.5. The smallest absolute Gasteiger partial charge is 0.355 e. The molecule has 0 aliphatic rings. The van der Waals surface area contributed by atoms with Gasteiger partial charge in [0.25, 0.3) is 0 Å². The van der Waals surface area contributed by atoms with Gasteiger partial charge in [-0.2, -0.15) is 0 Å². The van der Waals surface area contributed by atoms with Gasteiger partial charge in [-0.15, -0.1) is 11.3 Å². The second-order valence-corrected chi connectivity index (χ2v) is 6.89. The van der Waals surface area contributed by atoms with E-state index in [0.717, 1.165) is 30.6 Å². The van der Waals surface area contributed by atoms with Crippen LogP contribution in [0.2, 0.25) is 0 Å². The van der Waals surface area contributed by atoms with Crippen LogP contribution in [0, 0.1) is 0 Å². The summed E-state index contributed by atoms with van der Waals surface area (Å²) in [6, 6.07) is 18.8. The number of hydrogen-bond acceptors (Lipinski definition) is 4. The van der Waals surface area contributed by atoms with Crippen molar-refractivity contribution in [1.82, 2.24) is 4.98 Å². The molecule has 0 fully saturated rings. The number of rotatable bonds is 8. The SMILES string of the molecule is O=C(O)c1csc(C(=O)CCCCc2ccc(-c3ccccc3)cc2)n1. The van der Waals surface area contributed by atoms with Crippen LogP contribution in [0.5, 0.6) is 0 Å². The van der Waals surface area contributed by atoms with E-state index in [1.807, 2.05) is 18.2 Å². The predicted molar refractivity (Wildman–Crippen MR) is 103 cm³/mol. The molecule has 0 saturated heterocycles. The van der Waals surface area contributed by atoms with Crippen LogP contribution in [0.1, 0.15) is 45.1 Å². The van der Waals surface area contributed by atoms with Crippen LogP contribution in [0.3, 0.4) is 0 Å². The summed E-state index contributed by atoms with van der Waals surface area (Å²) >= 11 is 1.10. The number of aryl methyl sites for hydroxylation is 1. The number of benzene rings is 2. The molecule has 0 atom stereocenters. The molecule has 4 nitrogen and oxygen atoms in total. The Labute approximate surface area is 156 Å². The van der Waals surface area contributed by atoms with Crippen molar-refractivity contribution in [2.45, 2.75) is 25.7 Å². The molecule has 0 aliphatic carbocycles. The van der Waals surface area contributed by atoms with Crippen molar-refractivity contribution in [2.75, 3.05) is 0 Å². The molecular formula is C21H19NO3S. The molecule has 1 N–H and O–H groups in total. The maximum Gasteiger partial charge on any atom is 0.355 e. The molecule has 0 unspecified atom stereocenters. The lowest BCUT2D eigenvalue weighted by atomic mass is 10.0. The fourth-order valence-electron chi connectivity index (χ4n) is 2.72. The molecule has 2 aromatic carbocycles. The average molecular weight is 365 g/mol.